The van der Waals surface area contributed by atoms with Gasteiger partial charge < -0.3 is 15.8 Å². The lowest BCUT2D eigenvalue weighted by atomic mass is 10.1. The zero-order chi connectivity index (χ0) is 16.1. The Labute approximate surface area is 131 Å². The van der Waals surface area contributed by atoms with Gasteiger partial charge in [0.05, 0.1) is 23.5 Å². The second kappa shape index (κ2) is 6.98. The maximum Gasteiger partial charge on any atom is 0.338 e. The molecule has 0 heterocycles. The lowest BCUT2D eigenvalue weighted by Gasteiger charge is -2.14. The van der Waals surface area contributed by atoms with E-state index in [0.717, 1.165) is 17.8 Å². The molecular formula is C18H22N2O2. The van der Waals surface area contributed by atoms with E-state index >= 15 is 0 Å². The van der Waals surface area contributed by atoms with Gasteiger partial charge in [0.1, 0.15) is 0 Å². The number of anilines is 3. The molecular weight excluding hydrogens is 276 g/mol. The Balaban J connectivity index is 2.20. The molecule has 0 radical (unpaired) electrons. The first-order valence-electron chi connectivity index (χ1n) is 7.42. The highest BCUT2D eigenvalue weighted by Crippen LogP contribution is 2.27. The highest BCUT2D eigenvalue weighted by Gasteiger charge is 2.10. The molecule has 0 aliphatic heterocycles. The van der Waals surface area contributed by atoms with E-state index in [1.165, 1.54) is 11.1 Å². The van der Waals surface area contributed by atoms with Gasteiger partial charge in [-0.3, -0.25) is 0 Å². The summed E-state index contributed by atoms with van der Waals surface area (Å²) in [4.78, 5) is 11.8. The van der Waals surface area contributed by atoms with Crippen LogP contribution in [0, 0.1) is 13.8 Å². The molecule has 0 saturated heterocycles. The first-order valence-corrected chi connectivity index (χ1v) is 7.42. The molecule has 2 aromatic carbocycles. The molecule has 0 amide bonds. The maximum absolute atomic E-state index is 11.8. The van der Waals surface area contributed by atoms with Gasteiger partial charge in [0.15, 0.2) is 0 Å². The lowest BCUT2D eigenvalue weighted by molar-refractivity contribution is 0.0505. The van der Waals surface area contributed by atoms with Crippen molar-refractivity contribution in [3.63, 3.8) is 0 Å². The maximum atomic E-state index is 11.8. The highest BCUT2D eigenvalue weighted by molar-refractivity contribution is 5.92. The molecule has 3 N–H and O–H groups in total. The molecule has 0 spiro atoms. The van der Waals surface area contributed by atoms with Gasteiger partial charge in [-0.15, -0.1) is 0 Å². The molecule has 4 heteroatoms. The van der Waals surface area contributed by atoms with Crippen molar-refractivity contribution < 1.29 is 9.53 Å². The van der Waals surface area contributed by atoms with Crippen molar-refractivity contribution in [1.82, 2.24) is 0 Å². The number of nitrogens with one attached hydrogen (secondary N) is 1. The highest BCUT2D eigenvalue weighted by atomic mass is 16.5. The number of nitrogens with two attached hydrogens (primary N) is 1. The van der Waals surface area contributed by atoms with Crippen molar-refractivity contribution in [2.75, 3.05) is 17.7 Å². The van der Waals surface area contributed by atoms with E-state index in [1.807, 2.05) is 19.1 Å². The minimum absolute atomic E-state index is 0.341. The molecule has 0 aliphatic carbocycles. The van der Waals surface area contributed by atoms with Crippen molar-refractivity contribution >= 4 is 23.0 Å². The molecule has 2 aromatic rings. The summed E-state index contributed by atoms with van der Waals surface area (Å²) in [5.41, 5.74) is 11.2. The Morgan fingerprint density at radius 3 is 2.64 bits per heavy atom. The number of carbonyl (C=O) groups excluding carboxylic acids is 1. The lowest BCUT2D eigenvalue weighted by Crippen LogP contribution is -2.07. The second-order valence-corrected chi connectivity index (χ2v) is 5.31. The van der Waals surface area contributed by atoms with E-state index in [4.69, 9.17) is 10.5 Å². The standard InChI is InChI=1S/C18H22N2O2/c1-4-10-22-18(21)14-8-9-17(15(19)11-14)20-16-7-5-6-12(2)13(16)3/h5-9,11,20H,4,10,19H2,1-3H3. The van der Waals surface area contributed by atoms with Crippen molar-refractivity contribution in [1.29, 1.82) is 0 Å². The number of esters is 1. The normalized spacial score (nSPS) is 10.3. The van der Waals surface area contributed by atoms with Crippen LogP contribution in [0.1, 0.15) is 34.8 Å². The minimum atomic E-state index is -0.341. The fourth-order valence-electron chi connectivity index (χ4n) is 2.11. The van der Waals surface area contributed by atoms with Gasteiger partial charge in [-0.25, -0.2) is 4.79 Å². The Morgan fingerprint density at radius 2 is 1.95 bits per heavy atom. The number of nitrogen functional groups attached to an aromatic ring is 1. The van der Waals surface area contributed by atoms with Crippen molar-refractivity contribution in [2.24, 2.45) is 0 Å². The van der Waals surface area contributed by atoms with Gasteiger partial charge in [0.2, 0.25) is 0 Å². The molecule has 0 atom stereocenters. The quantitative estimate of drug-likeness (QED) is 0.641. The monoisotopic (exact) mass is 298 g/mol. The Kier molecular flexibility index (Phi) is 5.04. The number of hydrogen-bond acceptors (Lipinski definition) is 4. The van der Waals surface area contributed by atoms with Crippen LogP contribution in [0.2, 0.25) is 0 Å². The van der Waals surface area contributed by atoms with E-state index in [9.17, 15) is 4.79 Å². The minimum Gasteiger partial charge on any atom is -0.462 e. The van der Waals surface area contributed by atoms with E-state index in [2.05, 4.69) is 25.2 Å². The van der Waals surface area contributed by atoms with Crippen molar-refractivity contribution in [2.45, 2.75) is 27.2 Å². The molecule has 22 heavy (non-hydrogen) atoms. The van der Waals surface area contributed by atoms with E-state index in [-0.39, 0.29) is 5.97 Å². The van der Waals surface area contributed by atoms with Crippen LogP contribution in [-0.4, -0.2) is 12.6 Å². The first-order chi connectivity index (χ1) is 10.5. The predicted molar refractivity (Wildman–Crippen MR) is 90.6 cm³/mol. The van der Waals surface area contributed by atoms with Gasteiger partial charge in [-0.1, -0.05) is 19.1 Å². The van der Waals surface area contributed by atoms with Crippen LogP contribution in [0.3, 0.4) is 0 Å². The summed E-state index contributed by atoms with van der Waals surface area (Å²) in [6, 6.07) is 11.2. The van der Waals surface area contributed by atoms with Gasteiger partial charge in [-0.05, 0) is 55.7 Å². The third kappa shape index (κ3) is 3.58. The van der Waals surface area contributed by atoms with Crippen molar-refractivity contribution in [3.05, 3.63) is 53.1 Å². The third-order valence-electron chi connectivity index (χ3n) is 3.60. The Morgan fingerprint density at radius 1 is 1.18 bits per heavy atom. The zero-order valence-electron chi connectivity index (χ0n) is 13.3. The Hall–Kier alpha value is -2.49. The van der Waals surface area contributed by atoms with Gasteiger partial charge in [-0.2, -0.15) is 0 Å². The number of carbonyl (C=O) groups is 1. The number of aryl methyl sites for hydroxylation is 1. The topological polar surface area (TPSA) is 64.3 Å². The molecule has 116 valence electrons. The molecule has 0 saturated carbocycles. The summed E-state index contributed by atoms with van der Waals surface area (Å²) in [5.74, 6) is -0.341. The van der Waals surface area contributed by atoms with Crippen LogP contribution in [0.5, 0.6) is 0 Å². The van der Waals surface area contributed by atoms with Gasteiger partial charge in [0, 0.05) is 5.69 Å². The average molecular weight is 298 g/mol. The summed E-state index contributed by atoms with van der Waals surface area (Å²) in [6.45, 7) is 6.50. The molecule has 0 fully saturated rings. The molecule has 0 unspecified atom stereocenters. The van der Waals surface area contributed by atoms with Crippen LogP contribution >= 0.6 is 0 Å². The van der Waals surface area contributed by atoms with Gasteiger partial charge >= 0.3 is 5.97 Å². The molecule has 0 aromatic heterocycles. The summed E-state index contributed by atoms with van der Waals surface area (Å²) < 4.78 is 5.11. The van der Waals surface area contributed by atoms with E-state index < -0.39 is 0 Å². The average Bonchev–Trinajstić information content (AvgIpc) is 2.51. The summed E-state index contributed by atoms with van der Waals surface area (Å²) in [6.07, 6.45) is 0.799. The fraction of sp³-hybridized carbons (Fsp3) is 0.278. The number of benzene rings is 2. The SMILES string of the molecule is CCCOC(=O)c1ccc(Nc2cccc(C)c2C)c(N)c1. The first kappa shape index (κ1) is 15.9. The molecule has 0 bridgehead atoms. The smallest absolute Gasteiger partial charge is 0.338 e. The van der Waals surface area contributed by atoms with E-state index in [1.54, 1.807) is 18.2 Å². The van der Waals surface area contributed by atoms with Gasteiger partial charge in [0.25, 0.3) is 0 Å². The van der Waals surface area contributed by atoms with E-state index in [0.29, 0.717) is 17.9 Å². The number of hydrogen-bond donors (Lipinski definition) is 2. The molecule has 4 nitrogen and oxygen atoms in total. The summed E-state index contributed by atoms with van der Waals surface area (Å²) >= 11 is 0. The molecule has 2 rings (SSSR count). The fourth-order valence-corrected chi connectivity index (χ4v) is 2.11. The van der Waals surface area contributed by atoms with Crippen LogP contribution in [0.4, 0.5) is 17.1 Å². The largest absolute Gasteiger partial charge is 0.462 e. The van der Waals surface area contributed by atoms with Crippen LogP contribution in [0.25, 0.3) is 0 Å². The molecule has 0 aliphatic rings. The number of ether oxygens (including phenoxy) is 1. The second-order valence-electron chi connectivity index (χ2n) is 5.31. The van der Waals surface area contributed by atoms with Crippen molar-refractivity contribution in [3.8, 4) is 0 Å². The summed E-state index contributed by atoms with van der Waals surface area (Å²) in [7, 11) is 0. The van der Waals surface area contributed by atoms with Crippen LogP contribution < -0.4 is 11.1 Å². The zero-order valence-corrected chi connectivity index (χ0v) is 13.3. The number of rotatable bonds is 5. The predicted octanol–water partition coefficient (Wildman–Crippen LogP) is 4.20. The summed E-state index contributed by atoms with van der Waals surface area (Å²) in [5, 5.41) is 3.31. The van der Waals surface area contributed by atoms with Crippen LogP contribution in [-0.2, 0) is 4.74 Å². The third-order valence-corrected chi connectivity index (χ3v) is 3.60. The Bertz CT molecular complexity index is 681. The van der Waals surface area contributed by atoms with Crippen LogP contribution in [0.15, 0.2) is 36.4 Å².